The summed E-state index contributed by atoms with van der Waals surface area (Å²) >= 11 is 0. The molecule has 2 aliphatic rings. The maximum atomic E-state index is 6.17. The van der Waals surface area contributed by atoms with E-state index in [1.54, 1.807) is 7.11 Å². The summed E-state index contributed by atoms with van der Waals surface area (Å²) in [6, 6.07) is 17.7. The highest BCUT2D eigenvalue weighted by Crippen LogP contribution is 2.50. The van der Waals surface area contributed by atoms with E-state index in [1.165, 1.54) is 0 Å². The van der Waals surface area contributed by atoms with Crippen LogP contribution in [-0.4, -0.2) is 20.7 Å². The van der Waals surface area contributed by atoms with Gasteiger partial charge in [0.25, 0.3) is 0 Å². The lowest BCUT2D eigenvalue weighted by molar-refractivity contribution is 0.167. The molecular weight excluding hydrogens is 384 g/mol. The normalized spacial score (nSPS) is 13.6. The average Bonchev–Trinajstić information content (AvgIpc) is 3.46. The zero-order valence-electron chi connectivity index (χ0n) is 16.4. The predicted molar refractivity (Wildman–Crippen MR) is 111 cm³/mol. The Kier molecular flexibility index (Phi) is 4.81. The van der Waals surface area contributed by atoms with E-state index in [9.17, 15) is 0 Å². The molecule has 0 saturated heterocycles. The fourth-order valence-electron chi connectivity index (χ4n) is 3.39. The van der Waals surface area contributed by atoms with Crippen molar-refractivity contribution in [3.8, 4) is 34.5 Å². The maximum absolute atomic E-state index is 6.17. The van der Waals surface area contributed by atoms with Gasteiger partial charge in [-0.15, -0.1) is 0 Å². The van der Waals surface area contributed by atoms with Gasteiger partial charge in [0.1, 0.15) is 6.61 Å². The number of methoxy groups -OCH3 is 1. The summed E-state index contributed by atoms with van der Waals surface area (Å²) in [6.45, 7) is 0.788. The fraction of sp³-hybridized carbons (Fsp3) is 0.167. The summed E-state index contributed by atoms with van der Waals surface area (Å²) in [5.41, 5.74) is 2.86. The standard InChI is InChI=1S/C24H20O6/c1-25-21-12-18(9-7-16-8-10-19-20(11-16)28-14-27-19)22(24-23(21)29-15-30-24)26-13-17-5-3-2-4-6-17/h2-12H,13-15H2,1H3/b9-7+. The first-order valence-corrected chi connectivity index (χ1v) is 9.57. The average molecular weight is 404 g/mol. The van der Waals surface area contributed by atoms with Gasteiger partial charge in [0.15, 0.2) is 23.0 Å². The summed E-state index contributed by atoms with van der Waals surface area (Å²) in [5, 5.41) is 0. The van der Waals surface area contributed by atoms with E-state index in [2.05, 4.69) is 0 Å². The molecule has 2 aliphatic heterocycles. The van der Waals surface area contributed by atoms with Crippen molar-refractivity contribution < 1.29 is 28.4 Å². The van der Waals surface area contributed by atoms with E-state index in [4.69, 9.17) is 28.4 Å². The van der Waals surface area contributed by atoms with Crippen LogP contribution in [0.4, 0.5) is 0 Å². The molecule has 0 aromatic heterocycles. The third-order valence-electron chi connectivity index (χ3n) is 4.89. The lowest BCUT2D eigenvalue weighted by Gasteiger charge is -2.14. The Hall–Kier alpha value is -3.80. The smallest absolute Gasteiger partial charge is 0.231 e. The molecule has 0 unspecified atom stereocenters. The molecule has 0 aliphatic carbocycles. The molecule has 3 aromatic rings. The minimum Gasteiger partial charge on any atom is -0.493 e. The quantitative estimate of drug-likeness (QED) is 0.545. The zero-order chi connectivity index (χ0) is 20.3. The number of rotatable bonds is 6. The molecule has 5 rings (SSSR count). The monoisotopic (exact) mass is 404 g/mol. The van der Waals surface area contributed by atoms with Crippen LogP contribution < -0.4 is 28.4 Å². The topological polar surface area (TPSA) is 55.4 Å². The minimum absolute atomic E-state index is 0.128. The summed E-state index contributed by atoms with van der Waals surface area (Å²) in [5.74, 6) is 3.81. The van der Waals surface area contributed by atoms with Crippen molar-refractivity contribution in [3.63, 3.8) is 0 Å². The molecule has 0 saturated carbocycles. The van der Waals surface area contributed by atoms with E-state index >= 15 is 0 Å². The first-order chi connectivity index (χ1) is 14.8. The molecule has 0 N–H and O–H groups in total. The molecular formula is C24H20O6. The van der Waals surface area contributed by atoms with Gasteiger partial charge in [-0.1, -0.05) is 48.6 Å². The van der Waals surface area contributed by atoms with Crippen molar-refractivity contribution in [3.05, 3.63) is 71.3 Å². The zero-order valence-corrected chi connectivity index (χ0v) is 16.4. The summed E-state index contributed by atoms with van der Waals surface area (Å²) in [6.07, 6.45) is 3.94. The van der Waals surface area contributed by atoms with E-state index in [0.717, 1.165) is 28.2 Å². The van der Waals surface area contributed by atoms with Crippen molar-refractivity contribution in [2.45, 2.75) is 6.61 Å². The molecule has 6 heteroatoms. The van der Waals surface area contributed by atoms with Gasteiger partial charge < -0.3 is 28.4 Å². The lowest BCUT2D eigenvalue weighted by Crippen LogP contribution is -1.99. The molecule has 2 heterocycles. The summed E-state index contributed by atoms with van der Waals surface area (Å²) in [7, 11) is 1.60. The van der Waals surface area contributed by atoms with Crippen LogP contribution >= 0.6 is 0 Å². The maximum Gasteiger partial charge on any atom is 0.231 e. The SMILES string of the molecule is COc1cc(/C=C/c2ccc3c(c2)OCO3)c(OCc2ccccc2)c2c1OCO2. The Bertz CT molecular complexity index is 1090. The molecule has 30 heavy (non-hydrogen) atoms. The Labute approximate surface area is 174 Å². The molecule has 0 radical (unpaired) electrons. The molecule has 0 bridgehead atoms. The van der Waals surface area contributed by atoms with Gasteiger partial charge in [0.2, 0.25) is 25.1 Å². The van der Waals surface area contributed by atoms with Gasteiger partial charge in [-0.05, 0) is 29.3 Å². The van der Waals surface area contributed by atoms with Crippen LogP contribution in [0.3, 0.4) is 0 Å². The molecule has 0 amide bonds. The molecule has 0 fully saturated rings. The van der Waals surface area contributed by atoms with Gasteiger partial charge in [-0.25, -0.2) is 0 Å². The van der Waals surface area contributed by atoms with Crippen LogP contribution in [0.5, 0.6) is 34.5 Å². The second-order valence-electron chi connectivity index (χ2n) is 6.78. The number of fused-ring (bicyclic) bond motifs is 2. The third-order valence-corrected chi connectivity index (χ3v) is 4.89. The van der Waals surface area contributed by atoms with Gasteiger partial charge in [0, 0.05) is 5.56 Å². The van der Waals surface area contributed by atoms with Crippen LogP contribution in [0.2, 0.25) is 0 Å². The lowest BCUT2D eigenvalue weighted by atomic mass is 10.1. The number of ether oxygens (including phenoxy) is 6. The fourth-order valence-corrected chi connectivity index (χ4v) is 3.39. The van der Waals surface area contributed by atoms with Crippen LogP contribution in [0.15, 0.2) is 54.6 Å². The number of benzene rings is 3. The molecule has 3 aromatic carbocycles. The van der Waals surface area contributed by atoms with Crippen LogP contribution in [-0.2, 0) is 6.61 Å². The Morgan fingerprint density at radius 3 is 2.50 bits per heavy atom. The molecule has 152 valence electrons. The van der Waals surface area contributed by atoms with Crippen LogP contribution in [0.25, 0.3) is 12.2 Å². The van der Waals surface area contributed by atoms with Crippen molar-refractivity contribution in [2.75, 3.05) is 20.7 Å². The van der Waals surface area contributed by atoms with E-state index in [-0.39, 0.29) is 13.6 Å². The highest BCUT2D eigenvalue weighted by molar-refractivity contribution is 5.78. The van der Waals surface area contributed by atoms with E-state index < -0.39 is 0 Å². The molecule has 0 atom stereocenters. The van der Waals surface area contributed by atoms with Crippen LogP contribution in [0, 0.1) is 0 Å². The van der Waals surface area contributed by atoms with E-state index in [0.29, 0.717) is 29.6 Å². The van der Waals surface area contributed by atoms with Gasteiger partial charge in [-0.3, -0.25) is 0 Å². The van der Waals surface area contributed by atoms with Crippen molar-refractivity contribution >= 4 is 12.2 Å². The second-order valence-corrected chi connectivity index (χ2v) is 6.78. The van der Waals surface area contributed by atoms with Crippen molar-refractivity contribution in [1.29, 1.82) is 0 Å². The highest BCUT2D eigenvalue weighted by Gasteiger charge is 2.27. The van der Waals surface area contributed by atoms with Crippen molar-refractivity contribution in [2.24, 2.45) is 0 Å². The summed E-state index contributed by atoms with van der Waals surface area (Å²) < 4.78 is 33.8. The Morgan fingerprint density at radius 1 is 0.833 bits per heavy atom. The number of hydrogen-bond donors (Lipinski definition) is 0. The first kappa shape index (κ1) is 18.2. The first-order valence-electron chi connectivity index (χ1n) is 9.57. The highest BCUT2D eigenvalue weighted by atomic mass is 16.7. The van der Waals surface area contributed by atoms with Crippen LogP contribution in [0.1, 0.15) is 16.7 Å². The summed E-state index contributed by atoms with van der Waals surface area (Å²) in [4.78, 5) is 0. The van der Waals surface area contributed by atoms with Gasteiger partial charge in [-0.2, -0.15) is 0 Å². The third kappa shape index (κ3) is 3.48. The van der Waals surface area contributed by atoms with E-state index in [1.807, 2.05) is 66.7 Å². The van der Waals surface area contributed by atoms with Crippen molar-refractivity contribution in [1.82, 2.24) is 0 Å². The second kappa shape index (κ2) is 7.91. The predicted octanol–water partition coefficient (Wildman–Crippen LogP) is 4.90. The molecule has 0 spiro atoms. The van der Waals surface area contributed by atoms with Gasteiger partial charge in [0.05, 0.1) is 7.11 Å². The number of hydrogen-bond acceptors (Lipinski definition) is 6. The minimum atomic E-state index is 0.128. The van der Waals surface area contributed by atoms with Gasteiger partial charge >= 0.3 is 0 Å². The largest absolute Gasteiger partial charge is 0.493 e. The Balaban J connectivity index is 1.49. The Morgan fingerprint density at radius 2 is 1.63 bits per heavy atom. The molecule has 6 nitrogen and oxygen atoms in total.